The van der Waals surface area contributed by atoms with Crippen molar-refractivity contribution in [2.75, 3.05) is 13.1 Å². The van der Waals surface area contributed by atoms with Gasteiger partial charge in [0.25, 0.3) is 0 Å². The molecule has 0 radical (unpaired) electrons. The third-order valence-corrected chi connectivity index (χ3v) is 3.84. The molecule has 1 aromatic rings. The van der Waals surface area contributed by atoms with Crippen LogP contribution in [0.15, 0.2) is 16.9 Å². The van der Waals surface area contributed by atoms with E-state index in [1.165, 1.54) is 0 Å². The number of hydrogen-bond acceptors (Lipinski definition) is 3. The Bertz CT molecular complexity index is 401. The van der Waals surface area contributed by atoms with Crippen molar-refractivity contribution in [2.45, 2.75) is 32.4 Å². The van der Waals surface area contributed by atoms with Crippen LogP contribution in [-0.2, 0) is 6.54 Å². The third kappa shape index (κ3) is 3.30. The minimum Gasteiger partial charge on any atom is -0.288 e. The maximum atomic E-state index is 8.88. The Kier molecular flexibility index (Phi) is 4.19. The van der Waals surface area contributed by atoms with Crippen molar-refractivity contribution in [2.24, 2.45) is 5.92 Å². The summed E-state index contributed by atoms with van der Waals surface area (Å²) in [4.78, 5) is 2.26. The lowest BCUT2D eigenvalue weighted by Crippen LogP contribution is -2.40. The first kappa shape index (κ1) is 12.6. The van der Waals surface area contributed by atoms with Crippen LogP contribution in [-0.4, -0.2) is 33.8 Å². The maximum absolute atomic E-state index is 8.88. The molecule has 1 aliphatic rings. The number of hydrogen-bond donors (Lipinski definition) is 0. The Labute approximate surface area is 110 Å². The average molecular weight is 297 g/mol. The van der Waals surface area contributed by atoms with Gasteiger partial charge in [-0.1, -0.05) is 0 Å². The lowest BCUT2D eigenvalue weighted by Gasteiger charge is -2.33. The first-order valence-electron chi connectivity index (χ1n) is 6.00. The molecule has 1 aliphatic heterocycles. The predicted molar refractivity (Wildman–Crippen MR) is 69.3 cm³/mol. The van der Waals surface area contributed by atoms with Crippen LogP contribution in [0.1, 0.15) is 19.8 Å². The minimum atomic E-state index is 0.0507. The average Bonchev–Trinajstić information content (AvgIpc) is 2.75. The Morgan fingerprint density at radius 3 is 2.82 bits per heavy atom. The normalized spacial score (nSPS) is 20.1. The molecule has 0 aliphatic carbocycles. The third-order valence-electron chi connectivity index (χ3n) is 3.43. The summed E-state index contributed by atoms with van der Waals surface area (Å²) in [7, 11) is 0. The van der Waals surface area contributed by atoms with Crippen LogP contribution < -0.4 is 0 Å². The second-order valence-corrected chi connectivity index (χ2v) is 5.58. The molecule has 1 fully saturated rings. The minimum absolute atomic E-state index is 0.0507. The first-order chi connectivity index (χ1) is 8.19. The highest BCUT2D eigenvalue weighted by Crippen LogP contribution is 2.20. The van der Waals surface area contributed by atoms with E-state index in [1.54, 1.807) is 0 Å². The SMILES string of the molecule is C[C@H](C#N)N1CCC(Cn2cc(Br)cn2)CC1. The molecule has 0 spiro atoms. The van der Waals surface area contributed by atoms with Crippen molar-refractivity contribution in [3.05, 3.63) is 16.9 Å². The van der Waals surface area contributed by atoms with E-state index < -0.39 is 0 Å². The van der Waals surface area contributed by atoms with Gasteiger partial charge < -0.3 is 0 Å². The van der Waals surface area contributed by atoms with E-state index in [2.05, 4.69) is 32.0 Å². The number of halogens is 1. The first-order valence-corrected chi connectivity index (χ1v) is 6.80. The van der Waals surface area contributed by atoms with Gasteiger partial charge in [-0.2, -0.15) is 10.4 Å². The zero-order valence-corrected chi connectivity index (χ0v) is 11.6. The highest BCUT2D eigenvalue weighted by molar-refractivity contribution is 9.10. The monoisotopic (exact) mass is 296 g/mol. The van der Waals surface area contributed by atoms with Crippen molar-refractivity contribution in [3.63, 3.8) is 0 Å². The summed E-state index contributed by atoms with van der Waals surface area (Å²) in [5, 5.41) is 13.2. The summed E-state index contributed by atoms with van der Waals surface area (Å²) in [6.45, 7) is 5.02. The maximum Gasteiger partial charge on any atom is 0.0949 e. The van der Waals surface area contributed by atoms with Crippen LogP contribution >= 0.6 is 15.9 Å². The molecule has 0 bridgehead atoms. The van der Waals surface area contributed by atoms with Gasteiger partial charge in [-0.15, -0.1) is 0 Å². The summed E-state index contributed by atoms with van der Waals surface area (Å²) >= 11 is 3.41. The summed E-state index contributed by atoms with van der Waals surface area (Å²) in [5.74, 6) is 0.684. The predicted octanol–water partition coefficient (Wildman–Crippen LogP) is 2.27. The Hall–Kier alpha value is -0.860. The molecule has 2 heterocycles. The van der Waals surface area contributed by atoms with E-state index in [-0.39, 0.29) is 6.04 Å². The fourth-order valence-electron chi connectivity index (χ4n) is 2.31. The van der Waals surface area contributed by atoms with Crippen molar-refractivity contribution >= 4 is 15.9 Å². The molecule has 5 heteroatoms. The quantitative estimate of drug-likeness (QED) is 0.859. The van der Waals surface area contributed by atoms with Gasteiger partial charge in [0.2, 0.25) is 0 Å². The zero-order valence-electron chi connectivity index (χ0n) is 10.0. The molecule has 92 valence electrons. The van der Waals surface area contributed by atoms with Gasteiger partial charge in [0, 0.05) is 12.7 Å². The molecular weight excluding hydrogens is 280 g/mol. The Morgan fingerprint density at radius 1 is 1.59 bits per heavy atom. The molecular formula is C12H17BrN4. The number of piperidine rings is 1. The molecule has 0 amide bonds. The van der Waals surface area contributed by atoms with Crippen LogP contribution in [0.5, 0.6) is 0 Å². The molecule has 1 aromatic heterocycles. The lowest BCUT2D eigenvalue weighted by molar-refractivity contribution is 0.154. The molecule has 0 aromatic carbocycles. The number of likely N-dealkylation sites (tertiary alicyclic amines) is 1. The van der Waals surface area contributed by atoms with Crippen LogP contribution in [0, 0.1) is 17.2 Å². The van der Waals surface area contributed by atoms with Gasteiger partial charge >= 0.3 is 0 Å². The van der Waals surface area contributed by atoms with Gasteiger partial charge in [0.15, 0.2) is 0 Å². The van der Waals surface area contributed by atoms with Gasteiger partial charge in [-0.05, 0) is 54.7 Å². The van der Waals surface area contributed by atoms with Crippen molar-refractivity contribution in [1.29, 1.82) is 5.26 Å². The van der Waals surface area contributed by atoms with Gasteiger partial charge in [-0.3, -0.25) is 9.58 Å². The topological polar surface area (TPSA) is 44.9 Å². The highest BCUT2D eigenvalue weighted by Gasteiger charge is 2.22. The van der Waals surface area contributed by atoms with E-state index in [0.717, 1.165) is 36.9 Å². The second-order valence-electron chi connectivity index (χ2n) is 4.67. The van der Waals surface area contributed by atoms with Crippen molar-refractivity contribution in [1.82, 2.24) is 14.7 Å². The van der Waals surface area contributed by atoms with Gasteiger partial charge in [0.05, 0.1) is 22.8 Å². The molecule has 1 atom stereocenters. The fraction of sp³-hybridized carbons (Fsp3) is 0.667. The Morgan fingerprint density at radius 2 is 2.29 bits per heavy atom. The fourth-order valence-corrected chi connectivity index (χ4v) is 2.64. The van der Waals surface area contributed by atoms with Gasteiger partial charge in [0.1, 0.15) is 0 Å². The highest BCUT2D eigenvalue weighted by atomic mass is 79.9. The molecule has 0 unspecified atom stereocenters. The lowest BCUT2D eigenvalue weighted by atomic mass is 9.96. The zero-order chi connectivity index (χ0) is 12.3. The summed E-state index contributed by atoms with van der Waals surface area (Å²) in [6, 6.07) is 2.36. The summed E-state index contributed by atoms with van der Waals surface area (Å²) in [5.41, 5.74) is 0. The molecule has 17 heavy (non-hydrogen) atoms. The van der Waals surface area contributed by atoms with Gasteiger partial charge in [-0.25, -0.2) is 0 Å². The van der Waals surface area contributed by atoms with Crippen molar-refractivity contribution < 1.29 is 0 Å². The molecule has 0 saturated carbocycles. The van der Waals surface area contributed by atoms with Crippen LogP contribution in [0.25, 0.3) is 0 Å². The second kappa shape index (κ2) is 5.65. The Balaban J connectivity index is 1.82. The van der Waals surface area contributed by atoms with E-state index in [0.29, 0.717) is 5.92 Å². The van der Waals surface area contributed by atoms with E-state index in [4.69, 9.17) is 5.26 Å². The number of nitriles is 1. The number of nitrogens with zero attached hydrogens (tertiary/aromatic N) is 4. The molecule has 1 saturated heterocycles. The van der Waals surface area contributed by atoms with E-state index >= 15 is 0 Å². The summed E-state index contributed by atoms with van der Waals surface area (Å²) in [6.07, 6.45) is 6.16. The van der Waals surface area contributed by atoms with Crippen LogP contribution in [0.3, 0.4) is 0 Å². The van der Waals surface area contributed by atoms with E-state index in [9.17, 15) is 0 Å². The smallest absolute Gasteiger partial charge is 0.0949 e. The molecule has 0 N–H and O–H groups in total. The van der Waals surface area contributed by atoms with Crippen molar-refractivity contribution in [3.8, 4) is 6.07 Å². The van der Waals surface area contributed by atoms with Crippen LogP contribution in [0.2, 0.25) is 0 Å². The number of rotatable bonds is 3. The standard InChI is InChI=1S/C12H17BrN4/c1-10(6-14)16-4-2-11(3-5-16)8-17-9-12(13)7-15-17/h7,9-11H,2-5,8H2,1H3/t10-/m1/s1. The molecule has 4 nitrogen and oxygen atoms in total. The molecule has 2 rings (SSSR count). The number of aromatic nitrogens is 2. The summed E-state index contributed by atoms with van der Waals surface area (Å²) < 4.78 is 3.03. The van der Waals surface area contributed by atoms with Crippen LogP contribution in [0.4, 0.5) is 0 Å². The van der Waals surface area contributed by atoms with E-state index in [1.807, 2.05) is 24.0 Å². The largest absolute Gasteiger partial charge is 0.288 e.